The largest absolute Gasteiger partial charge is 0.338 e. The molecule has 0 radical (unpaired) electrons. The van der Waals surface area contributed by atoms with Crippen molar-refractivity contribution in [1.82, 2.24) is 19.8 Å². The summed E-state index contributed by atoms with van der Waals surface area (Å²) in [6.45, 7) is 5.03. The number of anilines is 1. The molecule has 1 saturated heterocycles. The van der Waals surface area contributed by atoms with Gasteiger partial charge in [-0.15, -0.1) is 6.58 Å². The number of nitrogens with zero attached hydrogens (tertiary/aromatic N) is 2. The van der Waals surface area contributed by atoms with Gasteiger partial charge < -0.3 is 20.5 Å². The van der Waals surface area contributed by atoms with Crippen LogP contribution in [0.25, 0.3) is 10.9 Å². The molecule has 3 aromatic rings. The highest BCUT2D eigenvalue weighted by molar-refractivity contribution is 7.71. The second-order valence-electron chi connectivity index (χ2n) is 7.93. The molecule has 1 fully saturated rings. The van der Waals surface area contributed by atoms with Gasteiger partial charge in [0.2, 0.25) is 0 Å². The van der Waals surface area contributed by atoms with Gasteiger partial charge in [0.15, 0.2) is 4.77 Å². The summed E-state index contributed by atoms with van der Waals surface area (Å²) in [5.41, 5.74) is 1.54. The molecule has 4 rings (SSSR count). The van der Waals surface area contributed by atoms with E-state index >= 15 is 0 Å². The van der Waals surface area contributed by atoms with Gasteiger partial charge in [-0.3, -0.25) is 14.2 Å². The summed E-state index contributed by atoms with van der Waals surface area (Å²) < 4.78 is 1.72. The molecule has 0 unspecified atom stereocenters. The molecule has 2 heterocycles. The third-order valence-electron chi connectivity index (χ3n) is 5.69. The second-order valence-corrected chi connectivity index (χ2v) is 8.31. The van der Waals surface area contributed by atoms with Gasteiger partial charge >= 0.3 is 6.03 Å². The first-order valence-corrected chi connectivity index (χ1v) is 11.2. The molecule has 1 aliphatic rings. The van der Waals surface area contributed by atoms with Crippen LogP contribution in [0.15, 0.2) is 66.0 Å². The Kier molecular flexibility index (Phi) is 6.69. The normalized spacial score (nSPS) is 14.1. The summed E-state index contributed by atoms with van der Waals surface area (Å²) in [6.07, 6.45) is 2.94. The van der Waals surface area contributed by atoms with E-state index in [0.717, 1.165) is 5.69 Å². The van der Waals surface area contributed by atoms with Crippen LogP contribution in [-0.4, -0.2) is 45.5 Å². The Balaban J connectivity index is 1.39. The fraction of sp³-hybridized carbons (Fsp3) is 0.250. The number of para-hydroxylation sites is 1. The summed E-state index contributed by atoms with van der Waals surface area (Å²) in [5.74, 6) is -0.112. The predicted octanol–water partition coefficient (Wildman–Crippen LogP) is 3.67. The third kappa shape index (κ3) is 5.04. The first-order chi connectivity index (χ1) is 16.0. The Morgan fingerprint density at radius 1 is 1.15 bits per heavy atom. The molecule has 8 nitrogen and oxygen atoms in total. The van der Waals surface area contributed by atoms with Crippen LogP contribution in [0, 0.1) is 4.77 Å². The number of hydrogen-bond acceptors (Lipinski definition) is 4. The molecule has 9 heteroatoms. The van der Waals surface area contributed by atoms with Crippen LogP contribution in [0.3, 0.4) is 0 Å². The number of piperidine rings is 1. The Morgan fingerprint density at radius 2 is 1.88 bits per heavy atom. The smallest absolute Gasteiger partial charge is 0.319 e. The Labute approximate surface area is 195 Å². The number of rotatable bonds is 5. The first kappa shape index (κ1) is 22.5. The highest BCUT2D eigenvalue weighted by Crippen LogP contribution is 2.17. The molecule has 0 atom stereocenters. The molecule has 2 aromatic carbocycles. The van der Waals surface area contributed by atoms with Crippen molar-refractivity contribution in [2.75, 3.05) is 18.4 Å². The van der Waals surface area contributed by atoms with E-state index in [1.807, 2.05) is 30.3 Å². The second kappa shape index (κ2) is 9.83. The fourth-order valence-corrected chi connectivity index (χ4v) is 4.23. The minimum Gasteiger partial charge on any atom is -0.338 e. The lowest BCUT2D eigenvalue weighted by Crippen LogP contribution is -2.47. The van der Waals surface area contributed by atoms with E-state index in [4.69, 9.17) is 12.2 Å². The minimum absolute atomic E-state index is 0.00574. The predicted molar refractivity (Wildman–Crippen MR) is 131 cm³/mol. The number of hydrogen-bond donors (Lipinski definition) is 3. The molecule has 0 saturated carbocycles. The van der Waals surface area contributed by atoms with Crippen molar-refractivity contribution >= 4 is 40.7 Å². The first-order valence-electron chi connectivity index (χ1n) is 10.8. The van der Waals surface area contributed by atoms with E-state index < -0.39 is 0 Å². The number of amides is 3. The molecule has 0 aliphatic carbocycles. The molecule has 3 N–H and O–H groups in total. The Hall–Kier alpha value is -3.72. The number of aromatic nitrogens is 2. The molecular weight excluding hydrogens is 438 g/mol. The monoisotopic (exact) mass is 463 g/mol. The van der Waals surface area contributed by atoms with E-state index in [9.17, 15) is 14.4 Å². The number of carbonyl (C=O) groups is 2. The lowest BCUT2D eigenvalue weighted by molar-refractivity contribution is 0.0709. The summed E-state index contributed by atoms with van der Waals surface area (Å²) >= 11 is 5.28. The lowest BCUT2D eigenvalue weighted by atomic mass is 10.0. The number of urea groups is 1. The summed E-state index contributed by atoms with van der Waals surface area (Å²) in [7, 11) is 0. The van der Waals surface area contributed by atoms with Gasteiger partial charge in [-0.05, 0) is 55.4 Å². The van der Waals surface area contributed by atoms with Crippen LogP contribution in [0.1, 0.15) is 23.2 Å². The standard InChI is InChI=1S/C24H25N5O3S/c1-2-12-29-22(31)19-9-8-16(15-20(19)27-24(29)33)21(30)28-13-10-18(11-14-28)26-23(32)25-17-6-4-3-5-7-17/h2-9,15,18H,1,10-14H2,(H,27,33)(H2,25,26,32). The van der Waals surface area contributed by atoms with Gasteiger partial charge in [0, 0.05) is 36.9 Å². The van der Waals surface area contributed by atoms with Crippen molar-refractivity contribution in [3.05, 3.63) is 81.9 Å². The summed E-state index contributed by atoms with van der Waals surface area (Å²) in [4.78, 5) is 42.7. The van der Waals surface area contributed by atoms with Crippen LogP contribution in [-0.2, 0) is 6.54 Å². The quantitative estimate of drug-likeness (QED) is 0.397. The highest BCUT2D eigenvalue weighted by atomic mass is 32.1. The zero-order valence-electron chi connectivity index (χ0n) is 18.0. The van der Waals surface area contributed by atoms with Crippen LogP contribution in [0.2, 0.25) is 0 Å². The van der Waals surface area contributed by atoms with Crippen molar-refractivity contribution in [2.24, 2.45) is 0 Å². The maximum atomic E-state index is 13.0. The molecule has 33 heavy (non-hydrogen) atoms. The molecule has 0 bridgehead atoms. The minimum atomic E-state index is -0.252. The molecule has 3 amide bonds. The maximum Gasteiger partial charge on any atom is 0.319 e. The van der Waals surface area contributed by atoms with E-state index in [-0.39, 0.29) is 28.3 Å². The lowest BCUT2D eigenvalue weighted by Gasteiger charge is -2.32. The molecule has 0 spiro atoms. The van der Waals surface area contributed by atoms with E-state index in [1.165, 1.54) is 4.57 Å². The van der Waals surface area contributed by atoms with Crippen LogP contribution < -0.4 is 16.2 Å². The summed E-state index contributed by atoms with van der Waals surface area (Å²) in [5, 5.41) is 6.25. The van der Waals surface area contributed by atoms with Gasteiger partial charge in [0.1, 0.15) is 0 Å². The molecule has 1 aliphatic heterocycles. The van der Waals surface area contributed by atoms with Gasteiger partial charge in [0.25, 0.3) is 11.5 Å². The number of nitrogens with one attached hydrogen (secondary N) is 3. The van der Waals surface area contributed by atoms with Crippen molar-refractivity contribution in [3.63, 3.8) is 0 Å². The van der Waals surface area contributed by atoms with Crippen LogP contribution in [0.5, 0.6) is 0 Å². The van der Waals surface area contributed by atoms with E-state index in [1.54, 1.807) is 29.2 Å². The molecular formula is C24H25N5O3S. The fourth-order valence-electron chi connectivity index (χ4n) is 3.97. The zero-order chi connectivity index (χ0) is 23.4. The van der Waals surface area contributed by atoms with Gasteiger partial charge in [0.05, 0.1) is 10.9 Å². The maximum absolute atomic E-state index is 13.0. The Morgan fingerprint density at radius 3 is 2.58 bits per heavy atom. The third-order valence-corrected chi connectivity index (χ3v) is 6.01. The van der Waals surface area contributed by atoms with Crippen molar-refractivity contribution < 1.29 is 9.59 Å². The number of fused-ring (bicyclic) bond motifs is 1. The average Bonchev–Trinajstić information content (AvgIpc) is 2.82. The number of carbonyl (C=O) groups excluding carboxylic acids is 2. The number of benzene rings is 2. The van der Waals surface area contributed by atoms with Crippen molar-refractivity contribution in [3.8, 4) is 0 Å². The summed E-state index contributed by atoms with van der Waals surface area (Å²) in [6, 6.07) is 14.0. The number of aromatic amines is 1. The van der Waals surface area contributed by atoms with Crippen molar-refractivity contribution in [2.45, 2.75) is 25.4 Å². The van der Waals surface area contributed by atoms with Crippen LogP contribution >= 0.6 is 12.2 Å². The highest BCUT2D eigenvalue weighted by Gasteiger charge is 2.25. The molecule has 1 aromatic heterocycles. The van der Waals surface area contributed by atoms with E-state index in [2.05, 4.69) is 22.2 Å². The van der Waals surface area contributed by atoms with Gasteiger partial charge in [-0.25, -0.2) is 4.79 Å². The average molecular weight is 464 g/mol. The number of likely N-dealkylation sites (tertiary alicyclic amines) is 1. The van der Waals surface area contributed by atoms with Crippen molar-refractivity contribution in [1.29, 1.82) is 0 Å². The topological polar surface area (TPSA) is 99.2 Å². The van der Waals surface area contributed by atoms with E-state index in [0.29, 0.717) is 48.9 Å². The SMILES string of the molecule is C=CCn1c(=S)[nH]c2cc(C(=O)N3CCC(NC(=O)Nc4ccccc4)CC3)ccc2c1=O. The number of allylic oxidation sites excluding steroid dienone is 1. The Bertz CT molecular complexity index is 1310. The zero-order valence-corrected chi connectivity index (χ0v) is 18.9. The molecule has 170 valence electrons. The van der Waals surface area contributed by atoms with Crippen LogP contribution in [0.4, 0.5) is 10.5 Å². The van der Waals surface area contributed by atoms with Gasteiger partial charge in [-0.2, -0.15) is 0 Å². The number of H-pyrrole nitrogens is 1. The van der Waals surface area contributed by atoms with Gasteiger partial charge in [-0.1, -0.05) is 24.3 Å².